The molecule has 1 saturated heterocycles. The van der Waals surface area contributed by atoms with E-state index in [0.717, 1.165) is 12.1 Å². The van der Waals surface area contributed by atoms with Crippen LogP contribution in [0.3, 0.4) is 0 Å². The van der Waals surface area contributed by atoms with Crippen molar-refractivity contribution < 1.29 is 41.4 Å². The van der Waals surface area contributed by atoms with E-state index in [1.165, 1.54) is 12.1 Å². The highest BCUT2D eigenvalue weighted by Gasteiger charge is 2.53. The van der Waals surface area contributed by atoms with E-state index in [1.54, 1.807) is 0 Å². The van der Waals surface area contributed by atoms with Crippen molar-refractivity contribution in [2.45, 2.75) is 12.8 Å². The third kappa shape index (κ3) is 3.74. The van der Waals surface area contributed by atoms with Crippen LogP contribution in [0.4, 0.5) is 22.0 Å². The van der Waals surface area contributed by atoms with Crippen LogP contribution in [0.5, 0.6) is 5.75 Å². The Bertz CT molecular complexity index is 634. The zero-order chi connectivity index (χ0) is 18.1. The molecule has 24 heavy (non-hydrogen) atoms. The van der Waals surface area contributed by atoms with E-state index in [2.05, 4.69) is 4.74 Å². The van der Waals surface area contributed by atoms with Gasteiger partial charge in [-0.1, -0.05) is 12.1 Å². The molecule has 1 aromatic carbocycles. The van der Waals surface area contributed by atoms with E-state index in [4.69, 9.17) is 5.11 Å². The maximum absolute atomic E-state index is 12.9. The van der Waals surface area contributed by atoms with Gasteiger partial charge in [-0.15, -0.1) is 0 Å². The van der Waals surface area contributed by atoms with Crippen LogP contribution >= 0.6 is 0 Å². The molecule has 1 aromatic rings. The zero-order valence-corrected chi connectivity index (χ0v) is 12.0. The number of aliphatic carboxylic acids is 1. The molecule has 0 saturated carbocycles. The van der Waals surface area contributed by atoms with Gasteiger partial charge in [0.15, 0.2) is 0 Å². The van der Waals surface area contributed by atoms with Crippen molar-refractivity contribution in [3.63, 3.8) is 0 Å². The highest BCUT2D eigenvalue weighted by atomic mass is 19.4. The van der Waals surface area contributed by atoms with Gasteiger partial charge in [-0.05, 0) is 12.1 Å². The second-order valence-corrected chi connectivity index (χ2v) is 5.18. The fourth-order valence-corrected chi connectivity index (χ4v) is 2.56. The van der Waals surface area contributed by atoms with E-state index in [1.807, 2.05) is 0 Å². The monoisotopic (exact) mass is 353 g/mol. The molecular weight excluding hydrogens is 341 g/mol. The molecular formula is C14H12F5NO4. The van der Waals surface area contributed by atoms with Gasteiger partial charge >= 0.3 is 18.8 Å². The molecule has 0 radical (unpaired) electrons. The van der Waals surface area contributed by atoms with Gasteiger partial charge in [-0.2, -0.15) is 22.0 Å². The molecule has 10 heteroatoms. The minimum absolute atomic E-state index is 0.357. The summed E-state index contributed by atoms with van der Waals surface area (Å²) in [5.41, 5.74) is -0.357. The number of carbonyl (C=O) groups excluding carboxylic acids is 1. The number of halogens is 5. The number of alkyl halides is 5. The van der Waals surface area contributed by atoms with Crippen LogP contribution < -0.4 is 4.74 Å². The molecule has 2 atom stereocenters. The number of benzene rings is 1. The van der Waals surface area contributed by atoms with Gasteiger partial charge in [-0.25, -0.2) is 0 Å². The Morgan fingerprint density at radius 2 is 1.83 bits per heavy atom. The summed E-state index contributed by atoms with van der Waals surface area (Å²) in [4.78, 5) is 24.0. The van der Waals surface area contributed by atoms with E-state index in [9.17, 15) is 31.5 Å². The van der Waals surface area contributed by atoms with Gasteiger partial charge in [0.25, 0.3) is 5.91 Å². The minimum atomic E-state index is -4.79. The molecule has 1 aliphatic rings. The molecule has 0 bridgehead atoms. The summed E-state index contributed by atoms with van der Waals surface area (Å²) in [5.74, 6) is -7.19. The van der Waals surface area contributed by atoms with Crippen LogP contribution in [-0.2, 0) is 4.79 Å². The van der Waals surface area contributed by atoms with E-state index >= 15 is 0 Å². The largest absolute Gasteiger partial charge is 0.481 e. The summed E-state index contributed by atoms with van der Waals surface area (Å²) < 4.78 is 67.7. The van der Waals surface area contributed by atoms with Crippen LogP contribution in [0, 0.1) is 11.8 Å². The summed E-state index contributed by atoms with van der Waals surface area (Å²) >= 11 is 0. The summed E-state index contributed by atoms with van der Waals surface area (Å²) in [5, 5.41) is 8.93. The van der Waals surface area contributed by atoms with Crippen LogP contribution in [0.2, 0.25) is 0 Å². The topological polar surface area (TPSA) is 66.8 Å². The van der Waals surface area contributed by atoms with E-state index in [0.29, 0.717) is 4.90 Å². The van der Waals surface area contributed by atoms with Gasteiger partial charge in [0.1, 0.15) is 5.75 Å². The number of hydrogen-bond acceptors (Lipinski definition) is 3. The van der Waals surface area contributed by atoms with Gasteiger partial charge in [0.2, 0.25) is 0 Å². The second kappa shape index (κ2) is 6.62. The normalized spacial score (nSPS) is 21.2. The Labute approximate surface area is 132 Å². The molecule has 1 amide bonds. The SMILES string of the molecule is O=C(O)[C@@H]1CN(C(=O)c2ccccc2OC(F)F)C[C@H]1C(F)(F)F. The highest BCUT2D eigenvalue weighted by molar-refractivity contribution is 5.97. The maximum atomic E-state index is 12.9. The van der Waals surface area contributed by atoms with Gasteiger partial charge in [0.05, 0.1) is 17.4 Å². The van der Waals surface area contributed by atoms with Crippen LogP contribution in [0.15, 0.2) is 24.3 Å². The number of nitrogens with zero attached hydrogens (tertiary/aromatic N) is 1. The Morgan fingerprint density at radius 1 is 1.21 bits per heavy atom. The predicted molar refractivity (Wildman–Crippen MR) is 69.6 cm³/mol. The number of para-hydroxylation sites is 1. The lowest BCUT2D eigenvalue weighted by molar-refractivity contribution is -0.187. The summed E-state index contributed by atoms with van der Waals surface area (Å²) in [6.07, 6.45) is -4.79. The predicted octanol–water partition coefficient (Wildman–Crippen LogP) is 2.62. The molecule has 5 nitrogen and oxygen atoms in total. The Balaban J connectivity index is 2.27. The fourth-order valence-electron chi connectivity index (χ4n) is 2.56. The minimum Gasteiger partial charge on any atom is -0.481 e. The fraction of sp³-hybridized carbons (Fsp3) is 0.429. The first kappa shape index (κ1) is 18.0. The third-order valence-electron chi connectivity index (χ3n) is 3.68. The number of carboxylic acid groups (broad SMARTS) is 1. The molecule has 0 spiro atoms. The molecule has 0 aliphatic carbocycles. The Morgan fingerprint density at radius 3 is 2.33 bits per heavy atom. The van der Waals surface area contributed by atoms with Gasteiger partial charge in [0, 0.05) is 13.1 Å². The molecule has 2 rings (SSSR count). The molecule has 132 valence electrons. The quantitative estimate of drug-likeness (QED) is 0.845. The van der Waals surface area contributed by atoms with Crippen LogP contribution in [0.25, 0.3) is 0 Å². The number of amides is 1. The summed E-state index contributed by atoms with van der Waals surface area (Å²) in [7, 11) is 0. The van der Waals surface area contributed by atoms with Crippen LogP contribution in [-0.4, -0.2) is 47.8 Å². The molecule has 1 fully saturated rings. The average Bonchev–Trinajstić information content (AvgIpc) is 2.92. The number of hydrogen-bond donors (Lipinski definition) is 1. The molecule has 0 unspecified atom stereocenters. The third-order valence-corrected chi connectivity index (χ3v) is 3.68. The van der Waals surface area contributed by atoms with E-state index < -0.39 is 55.3 Å². The van der Waals surface area contributed by atoms with Gasteiger partial charge in [-0.3, -0.25) is 9.59 Å². The molecule has 0 aromatic heterocycles. The van der Waals surface area contributed by atoms with Crippen LogP contribution in [0.1, 0.15) is 10.4 Å². The summed E-state index contributed by atoms with van der Waals surface area (Å²) in [6, 6.07) is 4.84. The first-order valence-corrected chi connectivity index (χ1v) is 6.74. The average molecular weight is 353 g/mol. The first-order valence-electron chi connectivity index (χ1n) is 6.74. The summed E-state index contributed by atoms with van der Waals surface area (Å²) in [6.45, 7) is -4.74. The van der Waals surface area contributed by atoms with Crippen molar-refractivity contribution in [1.29, 1.82) is 0 Å². The maximum Gasteiger partial charge on any atom is 0.394 e. The second-order valence-electron chi connectivity index (χ2n) is 5.18. The number of carboxylic acids is 1. The van der Waals surface area contributed by atoms with Crippen molar-refractivity contribution in [2.24, 2.45) is 11.8 Å². The van der Waals surface area contributed by atoms with Crippen molar-refractivity contribution >= 4 is 11.9 Å². The molecule has 1 N–H and O–H groups in total. The standard InChI is InChI=1S/C14H12F5NO4/c15-13(16)24-10-4-2-1-3-7(10)11(21)20-5-8(12(22)23)9(6-20)14(17,18)19/h1-4,8-9,13H,5-6H2,(H,22,23)/t8-,9-/m1/s1. The Kier molecular flexibility index (Phi) is 4.95. The Hall–Kier alpha value is -2.39. The molecule has 1 heterocycles. The highest BCUT2D eigenvalue weighted by Crippen LogP contribution is 2.38. The van der Waals surface area contributed by atoms with Crippen molar-refractivity contribution in [3.05, 3.63) is 29.8 Å². The lowest BCUT2D eigenvalue weighted by atomic mass is 9.96. The zero-order valence-electron chi connectivity index (χ0n) is 12.0. The van der Waals surface area contributed by atoms with Crippen molar-refractivity contribution in [2.75, 3.05) is 13.1 Å². The lowest BCUT2D eigenvalue weighted by Crippen LogP contribution is -2.34. The number of rotatable bonds is 4. The van der Waals surface area contributed by atoms with E-state index in [-0.39, 0.29) is 5.56 Å². The van der Waals surface area contributed by atoms with Gasteiger partial charge < -0.3 is 14.7 Å². The number of ether oxygens (including phenoxy) is 1. The van der Waals surface area contributed by atoms with Crippen molar-refractivity contribution in [3.8, 4) is 5.75 Å². The number of likely N-dealkylation sites (tertiary alicyclic amines) is 1. The van der Waals surface area contributed by atoms with Crippen molar-refractivity contribution in [1.82, 2.24) is 4.90 Å². The first-order chi connectivity index (χ1) is 11.1. The smallest absolute Gasteiger partial charge is 0.394 e. The number of carbonyl (C=O) groups is 2. The lowest BCUT2D eigenvalue weighted by Gasteiger charge is -2.19. The molecule has 1 aliphatic heterocycles.